The number of aromatic hydroxyl groups is 2. The molecule has 9 heteroatoms. The summed E-state index contributed by atoms with van der Waals surface area (Å²) in [6, 6.07) is 0.930. The number of amides is 1. The summed E-state index contributed by atoms with van der Waals surface area (Å²) < 4.78 is 5.62. The molecule has 0 radical (unpaired) electrons. The second-order valence-corrected chi connectivity index (χ2v) is 9.99. The van der Waals surface area contributed by atoms with Gasteiger partial charge in [0, 0.05) is 43.6 Å². The van der Waals surface area contributed by atoms with Crippen molar-refractivity contribution in [2.45, 2.75) is 77.4 Å². The van der Waals surface area contributed by atoms with Crippen molar-refractivity contribution in [3.05, 3.63) is 47.1 Å². The number of likely N-dealkylation sites (tertiary alicyclic amines) is 1. The predicted molar refractivity (Wildman–Crippen MR) is 142 cm³/mol. The van der Waals surface area contributed by atoms with E-state index in [2.05, 4.69) is 5.16 Å². The molecule has 0 aromatic heterocycles. The van der Waals surface area contributed by atoms with Crippen LogP contribution in [0.3, 0.4) is 0 Å². The largest absolute Gasteiger partial charge is 0.508 e. The van der Waals surface area contributed by atoms with Gasteiger partial charge in [0.25, 0.3) is 5.91 Å². The Balaban J connectivity index is 1.99. The number of hydrogen-bond donors (Lipinski definition) is 3. The molecule has 1 amide bonds. The van der Waals surface area contributed by atoms with Crippen LogP contribution in [-0.4, -0.2) is 64.5 Å². The molecule has 1 aromatic carbocycles. The van der Waals surface area contributed by atoms with Gasteiger partial charge in [-0.05, 0) is 50.2 Å². The van der Waals surface area contributed by atoms with Crippen LogP contribution in [0.2, 0.25) is 0 Å². The van der Waals surface area contributed by atoms with E-state index >= 15 is 0 Å². The van der Waals surface area contributed by atoms with Crippen molar-refractivity contribution in [1.82, 2.24) is 4.90 Å². The molecule has 1 aromatic rings. The van der Waals surface area contributed by atoms with Crippen molar-refractivity contribution < 1.29 is 29.4 Å². The summed E-state index contributed by atoms with van der Waals surface area (Å²) >= 11 is 0. The highest BCUT2D eigenvalue weighted by atomic mass is 16.6. The standard InChI is InChI=1S/C28H39N3O6/c1-18(2)26-22-15-21(30-36-17-25(34)31-13-5-4-6-14-31)12-8-11-20(29)10-7-9-19(3)37-28(35)27(22)24(33)16-23(26)32/h7-8,10,12,16,18-20,32-33H,4-6,9,11,13-15,17,29H2,1-3H3/t19-,20-/m1/s1. The maximum Gasteiger partial charge on any atom is 0.342 e. The van der Waals surface area contributed by atoms with E-state index in [1.165, 1.54) is 6.07 Å². The SMILES string of the molecule is CC(C)c1c(O)cc(O)c2c1CC(=NOCC(=O)N1CCCCC1)C=CC[C@H](N)C=CC[C@@H](C)OC2=O. The Morgan fingerprint density at radius 2 is 1.92 bits per heavy atom. The number of phenols is 2. The van der Waals surface area contributed by atoms with Gasteiger partial charge in [-0.2, -0.15) is 0 Å². The van der Waals surface area contributed by atoms with Crippen molar-refractivity contribution in [2.24, 2.45) is 10.9 Å². The number of carbonyl (C=O) groups is 2. The molecule has 2 aliphatic heterocycles. The second-order valence-electron chi connectivity index (χ2n) is 9.99. The van der Waals surface area contributed by atoms with Crippen LogP contribution in [0.25, 0.3) is 0 Å². The molecule has 3 rings (SSSR count). The lowest BCUT2D eigenvalue weighted by Gasteiger charge is -2.26. The van der Waals surface area contributed by atoms with Gasteiger partial charge in [0.05, 0.1) is 5.71 Å². The fraction of sp³-hybridized carbons (Fsp3) is 0.536. The zero-order valence-corrected chi connectivity index (χ0v) is 22.0. The molecule has 1 fully saturated rings. The average molecular weight is 514 g/mol. The topological polar surface area (TPSA) is 135 Å². The van der Waals surface area contributed by atoms with Crippen LogP contribution in [0.1, 0.15) is 80.3 Å². The van der Waals surface area contributed by atoms with E-state index in [-0.39, 0.29) is 48.0 Å². The minimum atomic E-state index is -0.693. The molecular formula is C28H39N3O6. The third kappa shape index (κ3) is 7.82. The van der Waals surface area contributed by atoms with Crippen molar-refractivity contribution in [3.8, 4) is 11.5 Å². The van der Waals surface area contributed by atoms with Crippen molar-refractivity contribution in [1.29, 1.82) is 0 Å². The number of ether oxygens (including phenoxy) is 1. The quantitative estimate of drug-likeness (QED) is 0.315. The van der Waals surface area contributed by atoms with Crippen LogP contribution >= 0.6 is 0 Å². The van der Waals surface area contributed by atoms with Crippen LogP contribution in [0.5, 0.6) is 11.5 Å². The van der Waals surface area contributed by atoms with Gasteiger partial charge < -0.3 is 30.4 Å². The normalized spacial score (nSPS) is 22.5. The number of rotatable bonds is 4. The maximum atomic E-state index is 13.2. The molecule has 2 atom stereocenters. The molecule has 2 aliphatic rings. The first-order valence-electron chi connectivity index (χ1n) is 13.0. The van der Waals surface area contributed by atoms with E-state index in [0.717, 1.165) is 19.3 Å². The summed E-state index contributed by atoms with van der Waals surface area (Å²) in [5, 5.41) is 25.6. The van der Waals surface area contributed by atoms with E-state index in [1.54, 1.807) is 17.9 Å². The number of piperidine rings is 1. The Morgan fingerprint density at radius 3 is 2.62 bits per heavy atom. The molecule has 0 saturated carbocycles. The van der Waals surface area contributed by atoms with Gasteiger partial charge in [0.15, 0.2) is 6.61 Å². The molecule has 0 bridgehead atoms. The van der Waals surface area contributed by atoms with Gasteiger partial charge in [-0.25, -0.2) is 4.79 Å². The van der Waals surface area contributed by atoms with Crippen LogP contribution in [-0.2, 0) is 20.8 Å². The number of phenolic OH excluding ortho intramolecular Hbond substituents is 2. The number of nitrogens with two attached hydrogens (primary N) is 1. The monoisotopic (exact) mass is 513 g/mol. The van der Waals surface area contributed by atoms with E-state index < -0.39 is 12.1 Å². The van der Waals surface area contributed by atoms with E-state index in [1.807, 2.05) is 32.1 Å². The molecule has 4 N–H and O–H groups in total. The minimum absolute atomic E-state index is 0.0171. The van der Waals surface area contributed by atoms with Gasteiger partial charge in [0.2, 0.25) is 0 Å². The third-order valence-electron chi connectivity index (χ3n) is 6.53. The Labute approximate surface area is 218 Å². The number of benzene rings is 1. The lowest BCUT2D eigenvalue weighted by Crippen LogP contribution is -2.37. The van der Waals surface area contributed by atoms with Gasteiger partial charge in [0.1, 0.15) is 23.2 Å². The first-order valence-corrected chi connectivity index (χ1v) is 13.0. The van der Waals surface area contributed by atoms with Gasteiger partial charge in [-0.15, -0.1) is 0 Å². The van der Waals surface area contributed by atoms with Gasteiger partial charge in [-0.3, -0.25) is 4.79 Å². The zero-order valence-electron chi connectivity index (χ0n) is 22.0. The van der Waals surface area contributed by atoms with Crippen molar-refractivity contribution in [2.75, 3.05) is 19.7 Å². The molecule has 0 unspecified atom stereocenters. The highest BCUT2D eigenvalue weighted by molar-refractivity contribution is 6.01. The van der Waals surface area contributed by atoms with Crippen LogP contribution in [0.4, 0.5) is 0 Å². The summed E-state index contributed by atoms with van der Waals surface area (Å²) in [4.78, 5) is 33.0. The van der Waals surface area contributed by atoms with E-state index in [0.29, 0.717) is 42.8 Å². The molecule has 0 spiro atoms. The van der Waals surface area contributed by atoms with Crippen molar-refractivity contribution >= 4 is 17.6 Å². The predicted octanol–water partition coefficient (Wildman–Crippen LogP) is 3.93. The zero-order chi connectivity index (χ0) is 26.9. The molecule has 37 heavy (non-hydrogen) atoms. The summed E-state index contributed by atoms with van der Waals surface area (Å²) in [6.45, 7) is 6.77. The Kier molecular flexibility index (Phi) is 10.1. The fourth-order valence-corrected chi connectivity index (χ4v) is 4.66. The number of hydrogen-bond acceptors (Lipinski definition) is 8. The Hall–Kier alpha value is -3.33. The number of cyclic esters (lactones) is 1. The lowest BCUT2D eigenvalue weighted by molar-refractivity contribution is -0.137. The first-order chi connectivity index (χ1) is 17.7. The molecule has 9 nitrogen and oxygen atoms in total. The lowest BCUT2D eigenvalue weighted by atomic mass is 9.88. The summed E-state index contributed by atoms with van der Waals surface area (Å²) in [5.41, 5.74) is 7.47. The molecule has 2 heterocycles. The number of carbonyl (C=O) groups excluding carboxylic acids is 2. The van der Waals surface area contributed by atoms with Gasteiger partial charge >= 0.3 is 5.97 Å². The molecule has 0 aliphatic carbocycles. The average Bonchev–Trinajstić information content (AvgIpc) is 2.83. The van der Waals surface area contributed by atoms with Crippen LogP contribution in [0, 0.1) is 0 Å². The van der Waals surface area contributed by atoms with Crippen molar-refractivity contribution in [3.63, 3.8) is 0 Å². The molecule has 1 saturated heterocycles. The minimum Gasteiger partial charge on any atom is -0.508 e. The maximum absolute atomic E-state index is 13.2. The second kappa shape index (κ2) is 13.3. The smallest absolute Gasteiger partial charge is 0.342 e. The van der Waals surface area contributed by atoms with Crippen LogP contribution in [0.15, 0.2) is 35.5 Å². The van der Waals surface area contributed by atoms with E-state index in [9.17, 15) is 19.8 Å². The number of oxime groups is 1. The first kappa shape index (κ1) is 28.2. The van der Waals surface area contributed by atoms with Gasteiger partial charge in [-0.1, -0.05) is 37.2 Å². The number of esters is 1. The summed E-state index contributed by atoms with van der Waals surface area (Å²) in [5.74, 6) is -1.48. The summed E-state index contributed by atoms with van der Waals surface area (Å²) in [6.07, 6.45) is 11.0. The third-order valence-corrected chi connectivity index (χ3v) is 6.53. The van der Waals surface area contributed by atoms with Crippen LogP contribution < -0.4 is 5.73 Å². The summed E-state index contributed by atoms with van der Waals surface area (Å²) in [7, 11) is 0. The fourth-order valence-electron chi connectivity index (χ4n) is 4.66. The number of fused-ring (bicyclic) bond motifs is 1. The highest BCUT2D eigenvalue weighted by Crippen LogP contribution is 2.38. The molecular weight excluding hydrogens is 474 g/mol. The van der Waals surface area contributed by atoms with E-state index in [4.69, 9.17) is 15.3 Å². The Bertz CT molecular complexity index is 1060. The molecule has 202 valence electrons. The number of allylic oxidation sites excluding steroid dienone is 1. The number of nitrogens with zero attached hydrogens (tertiary/aromatic N) is 2. The Morgan fingerprint density at radius 1 is 1.19 bits per heavy atom. The highest BCUT2D eigenvalue weighted by Gasteiger charge is 2.27.